The van der Waals surface area contributed by atoms with Crippen molar-refractivity contribution >= 4 is 5.78 Å². The number of ketones is 1. The minimum atomic E-state index is 0.179. The Labute approximate surface area is 94.0 Å². The van der Waals surface area contributed by atoms with Crippen LogP contribution in [0.1, 0.15) is 41.0 Å². The highest BCUT2D eigenvalue weighted by Gasteiger charge is 2.32. The van der Waals surface area contributed by atoms with E-state index in [-0.39, 0.29) is 5.92 Å². The van der Waals surface area contributed by atoms with Gasteiger partial charge < -0.3 is 0 Å². The number of likely N-dealkylation sites (tertiary alicyclic amines) is 1. The molecule has 1 aliphatic rings. The van der Waals surface area contributed by atoms with Crippen molar-refractivity contribution in [3.63, 3.8) is 0 Å². The van der Waals surface area contributed by atoms with Crippen molar-refractivity contribution in [2.45, 2.75) is 41.0 Å². The molecular formula is C13H25NO. The highest BCUT2D eigenvalue weighted by molar-refractivity contribution is 5.82. The SMILES string of the molecule is CC(C)C(=O)CN1CCC(C(C)(C)C)C1. The zero-order valence-electron chi connectivity index (χ0n) is 10.8. The van der Waals surface area contributed by atoms with E-state index in [9.17, 15) is 4.79 Å². The molecule has 0 bridgehead atoms. The fourth-order valence-corrected chi connectivity index (χ4v) is 2.09. The maximum absolute atomic E-state index is 11.6. The van der Waals surface area contributed by atoms with E-state index >= 15 is 0 Å². The largest absolute Gasteiger partial charge is 0.298 e. The summed E-state index contributed by atoms with van der Waals surface area (Å²) in [7, 11) is 0. The molecule has 0 amide bonds. The number of carbonyl (C=O) groups excluding carboxylic acids is 1. The fraction of sp³-hybridized carbons (Fsp3) is 0.923. The molecule has 1 heterocycles. The molecule has 1 unspecified atom stereocenters. The van der Waals surface area contributed by atoms with Crippen LogP contribution in [-0.4, -0.2) is 30.3 Å². The Morgan fingerprint density at radius 3 is 2.40 bits per heavy atom. The third-order valence-electron chi connectivity index (χ3n) is 3.52. The Hall–Kier alpha value is -0.370. The number of hydrogen-bond donors (Lipinski definition) is 0. The molecular weight excluding hydrogens is 186 g/mol. The predicted octanol–water partition coefficient (Wildman–Crippen LogP) is 2.58. The first-order chi connectivity index (χ1) is 6.80. The second-order valence-corrected chi connectivity index (χ2v) is 6.21. The van der Waals surface area contributed by atoms with E-state index in [0.29, 0.717) is 17.7 Å². The molecule has 1 aliphatic heterocycles. The second-order valence-electron chi connectivity index (χ2n) is 6.21. The van der Waals surface area contributed by atoms with Gasteiger partial charge in [-0.3, -0.25) is 9.69 Å². The van der Waals surface area contributed by atoms with Crippen molar-refractivity contribution in [1.82, 2.24) is 4.90 Å². The summed E-state index contributed by atoms with van der Waals surface area (Å²) in [6, 6.07) is 0. The zero-order chi connectivity index (χ0) is 11.6. The highest BCUT2D eigenvalue weighted by Crippen LogP contribution is 2.33. The predicted molar refractivity (Wildman–Crippen MR) is 63.8 cm³/mol. The van der Waals surface area contributed by atoms with Gasteiger partial charge in [-0.2, -0.15) is 0 Å². The Bertz CT molecular complexity index is 227. The Kier molecular flexibility index (Phi) is 3.93. The van der Waals surface area contributed by atoms with E-state index in [1.165, 1.54) is 6.42 Å². The maximum Gasteiger partial charge on any atom is 0.149 e. The molecule has 15 heavy (non-hydrogen) atoms. The third-order valence-corrected chi connectivity index (χ3v) is 3.52. The van der Waals surface area contributed by atoms with Crippen LogP contribution in [-0.2, 0) is 4.79 Å². The molecule has 0 aromatic rings. The van der Waals surface area contributed by atoms with Gasteiger partial charge in [0.05, 0.1) is 6.54 Å². The van der Waals surface area contributed by atoms with Gasteiger partial charge in [-0.25, -0.2) is 0 Å². The first-order valence-corrected chi connectivity index (χ1v) is 6.05. The average molecular weight is 211 g/mol. The van der Waals surface area contributed by atoms with Crippen LogP contribution in [0.2, 0.25) is 0 Å². The quantitative estimate of drug-likeness (QED) is 0.715. The molecule has 0 saturated carbocycles. The molecule has 0 aromatic carbocycles. The molecule has 0 N–H and O–H groups in total. The lowest BCUT2D eigenvalue weighted by atomic mass is 9.80. The molecule has 2 heteroatoms. The lowest BCUT2D eigenvalue weighted by molar-refractivity contribution is -0.122. The summed E-state index contributed by atoms with van der Waals surface area (Å²) in [6.07, 6.45) is 1.24. The van der Waals surface area contributed by atoms with Crippen LogP contribution >= 0.6 is 0 Å². The van der Waals surface area contributed by atoms with Crippen LogP contribution in [0.4, 0.5) is 0 Å². The van der Waals surface area contributed by atoms with Gasteiger partial charge in [0, 0.05) is 12.5 Å². The van der Waals surface area contributed by atoms with Gasteiger partial charge in [-0.05, 0) is 24.3 Å². The van der Waals surface area contributed by atoms with Crippen molar-refractivity contribution in [3.05, 3.63) is 0 Å². The molecule has 0 aliphatic carbocycles. The summed E-state index contributed by atoms with van der Waals surface area (Å²) < 4.78 is 0. The smallest absolute Gasteiger partial charge is 0.149 e. The summed E-state index contributed by atoms with van der Waals surface area (Å²) >= 11 is 0. The molecule has 0 aromatic heterocycles. The van der Waals surface area contributed by atoms with Gasteiger partial charge in [0.1, 0.15) is 5.78 Å². The van der Waals surface area contributed by atoms with Crippen LogP contribution < -0.4 is 0 Å². The van der Waals surface area contributed by atoms with Crippen LogP contribution in [0.15, 0.2) is 0 Å². The van der Waals surface area contributed by atoms with E-state index in [0.717, 1.165) is 19.0 Å². The Morgan fingerprint density at radius 1 is 1.40 bits per heavy atom. The van der Waals surface area contributed by atoms with Crippen LogP contribution in [0.3, 0.4) is 0 Å². The number of hydrogen-bond acceptors (Lipinski definition) is 2. The minimum absolute atomic E-state index is 0.179. The molecule has 1 atom stereocenters. The normalized spacial score (nSPS) is 23.7. The van der Waals surface area contributed by atoms with Crippen LogP contribution in [0.5, 0.6) is 0 Å². The number of rotatable bonds is 3. The van der Waals surface area contributed by atoms with Crippen molar-refractivity contribution in [1.29, 1.82) is 0 Å². The first kappa shape index (κ1) is 12.7. The second kappa shape index (κ2) is 4.65. The van der Waals surface area contributed by atoms with Gasteiger partial charge in [0.15, 0.2) is 0 Å². The van der Waals surface area contributed by atoms with E-state index in [2.05, 4.69) is 25.7 Å². The van der Waals surface area contributed by atoms with Crippen LogP contribution in [0.25, 0.3) is 0 Å². The molecule has 0 radical (unpaired) electrons. The minimum Gasteiger partial charge on any atom is -0.298 e. The molecule has 0 spiro atoms. The highest BCUT2D eigenvalue weighted by atomic mass is 16.1. The monoisotopic (exact) mass is 211 g/mol. The topological polar surface area (TPSA) is 20.3 Å². The van der Waals surface area contributed by atoms with Crippen molar-refractivity contribution in [3.8, 4) is 0 Å². The molecule has 1 fully saturated rings. The zero-order valence-corrected chi connectivity index (χ0v) is 10.8. The van der Waals surface area contributed by atoms with E-state index in [1.54, 1.807) is 0 Å². The van der Waals surface area contributed by atoms with Crippen molar-refractivity contribution in [2.75, 3.05) is 19.6 Å². The van der Waals surface area contributed by atoms with E-state index < -0.39 is 0 Å². The standard InChI is InChI=1S/C13H25NO/c1-10(2)12(15)9-14-7-6-11(8-14)13(3,4)5/h10-11H,6-9H2,1-5H3. The van der Waals surface area contributed by atoms with Gasteiger partial charge >= 0.3 is 0 Å². The summed E-state index contributed by atoms with van der Waals surface area (Å²) in [4.78, 5) is 13.9. The number of Topliss-reactive ketones (excluding diaryl/α,β-unsaturated/α-hetero) is 1. The Balaban J connectivity index is 2.41. The van der Waals surface area contributed by atoms with Crippen molar-refractivity contribution < 1.29 is 4.79 Å². The Morgan fingerprint density at radius 2 is 2.00 bits per heavy atom. The van der Waals surface area contributed by atoms with Crippen molar-refractivity contribution in [2.24, 2.45) is 17.3 Å². The fourth-order valence-electron chi connectivity index (χ4n) is 2.09. The maximum atomic E-state index is 11.6. The van der Waals surface area contributed by atoms with Crippen LogP contribution in [0, 0.1) is 17.3 Å². The first-order valence-electron chi connectivity index (χ1n) is 6.05. The van der Waals surface area contributed by atoms with Gasteiger partial charge in [-0.15, -0.1) is 0 Å². The number of carbonyl (C=O) groups is 1. The van der Waals surface area contributed by atoms with Gasteiger partial charge in [-0.1, -0.05) is 34.6 Å². The van der Waals surface area contributed by atoms with E-state index in [4.69, 9.17) is 0 Å². The summed E-state index contributed by atoms with van der Waals surface area (Å²) in [5.74, 6) is 1.31. The van der Waals surface area contributed by atoms with Gasteiger partial charge in [0.2, 0.25) is 0 Å². The summed E-state index contributed by atoms with van der Waals surface area (Å²) in [5, 5.41) is 0. The average Bonchev–Trinajstić information content (AvgIpc) is 2.51. The number of nitrogens with zero attached hydrogens (tertiary/aromatic N) is 1. The van der Waals surface area contributed by atoms with E-state index in [1.807, 2.05) is 13.8 Å². The summed E-state index contributed by atoms with van der Waals surface area (Å²) in [5.41, 5.74) is 0.385. The molecule has 1 rings (SSSR count). The molecule has 1 saturated heterocycles. The molecule has 88 valence electrons. The van der Waals surface area contributed by atoms with Gasteiger partial charge in [0.25, 0.3) is 0 Å². The lowest BCUT2D eigenvalue weighted by Gasteiger charge is -2.27. The molecule has 2 nitrogen and oxygen atoms in total. The summed E-state index contributed by atoms with van der Waals surface area (Å²) in [6.45, 7) is 13.7. The third kappa shape index (κ3) is 3.60. The lowest BCUT2D eigenvalue weighted by Crippen LogP contribution is -2.31.